The van der Waals surface area contributed by atoms with Crippen LogP contribution in [0.3, 0.4) is 0 Å². The number of pyridine rings is 2. The van der Waals surface area contributed by atoms with Gasteiger partial charge in [-0.05, 0) is 59.3 Å². The number of nitrogens with zero attached hydrogens (tertiary/aromatic N) is 2. The number of ether oxygens (including phenoxy) is 1. The lowest BCUT2D eigenvalue weighted by Gasteiger charge is -2.17. The van der Waals surface area contributed by atoms with Gasteiger partial charge in [-0.3, -0.25) is 4.98 Å². The molecule has 1 N–H and O–H groups in total. The summed E-state index contributed by atoms with van der Waals surface area (Å²) in [5.74, 6) is -0.452. The molecule has 0 radical (unpaired) electrons. The summed E-state index contributed by atoms with van der Waals surface area (Å²) in [6.45, 7) is 0. The molecule has 0 aliphatic heterocycles. The van der Waals surface area contributed by atoms with Crippen molar-refractivity contribution >= 4 is 21.9 Å². The lowest BCUT2D eigenvalue weighted by Crippen LogP contribution is -2.11. The van der Waals surface area contributed by atoms with Crippen LogP contribution in [-0.4, -0.2) is 21.0 Å². The predicted octanol–water partition coefficient (Wildman–Crippen LogP) is 3.61. The number of carbonyl (C=O) groups is 1. The number of rotatable bonds is 3. The van der Waals surface area contributed by atoms with Gasteiger partial charge in [0.05, 0.1) is 6.20 Å². The monoisotopic (exact) mass is 348 g/mol. The highest BCUT2D eigenvalue weighted by molar-refractivity contribution is 9.10. The van der Waals surface area contributed by atoms with Gasteiger partial charge in [-0.25, -0.2) is 9.78 Å². The van der Waals surface area contributed by atoms with Gasteiger partial charge in [0.15, 0.2) is 0 Å². The second-order valence-electron chi connectivity index (χ2n) is 4.90. The molecule has 0 fully saturated rings. The number of carboxylic acids is 1. The third kappa shape index (κ3) is 3.05. The third-order valence-electron chi connectivity index (χ3n) is 3.39. The van der Waals surface area contributed by atoms with Gasteiger partial charge in [0.25, 0.3) is 0 Å². The largest absolute Gasteiger partial charge is 0.477 e. The number of hydrogen-bond donors (Lipinski definition) is 1. The molecule has 0 amide bonds. The maximum absolute atomic E-state index is 11.4. The van der Waals surface area contributed by atoms with Gasteiger partial charge in [0.1, 0.15) is 11.3 Å². The van der Waals surface area contributed by atoms with Crippen LogP contribution >= 0.6 is 15.9 Å². The molecule has 2 aromatic rings. The van der Waals surface area contributed by atoms with Crippen molar-refractivity contribution in [2.24, 2.45) is 0 Å². The molecular formula is C15H13BrN2O3. The molecule has 1 aliphatic rings. The summed E-state index contributed by atoms with van der Waals surface area (Å²) in [7, 11) is 0. The van der Waals surface area contributed by atoms with E-state index in [1.54, 1.807) is 18.3 Å². The highest BCUT2D eigenvalue weighted by atomic mass is 79.9. The summed E-state index contributed by atoms with van der Waals surface area (Å²) in [5, 5.41) is 9.35. The molecule has 0 saturated carbocycles. The summed E-state index contributed by atoms with van der Waals surface area (Å²) >= 11 is 3.30. The number of fused-ring (bicyclic) bond motifs is 1. The zero-order valence-electron chi connectivity index (χ0n) is 11.2. The Balaban J connectivity index is 2.01. The average molecular weight is 349 g/mol. The van der Waals surface area contributed by atoms with Crippen LogP contribution in [0, 0.1) is 0 Å². The molecule has 0 spiro atoms. The summed E-state index contributed by atoms with van der Waals surface area (Å²) < 4.78 is 6.39. The molecule has 5 nitrogen and oxygen atoms in total. The fraction of sp³-hybridized carbons (Fsp3) is 0.267. The molecule has 21 heavy (non-hydrogen) atoms. The molecule has 0 unspecified atom stereocenters. The minimum atomic E-state index is -1.03. The molecule has 2 aromatic heterocycles. The Kier molecular flexibility index (Phi) is 3.88. The number of hydrogen-bond acceptors (Lipinski definition) is 4. The van der Waals surface area contributed by atoms with E-state index in [1.165, 1.54) is 6.20 Å². The van der Waals surface area contributed by atoms with Crippen molar-refractivity contribution in [3.63, 3.8) is 0 Å². The second-order valence-corrected chi connectivity index (χ2v) is 5.82. The van der Waals surface area contributed by atoms with Crippen molar-refractivity contribution in [1.82, 2.24) is 9.97 Å². The topological polar surface area (TPSA) is 72.3 Å². The molecule has 0 bridgehead atoms. The standard InChI is InChI=1S/C15H13BrN2O3/c16-10-6-11(8-17-7-10)21-14-12(15(19)20)5-9-3-1-2-4-13(9)18-14/h5-8H,1-4H2,(H,19,20). The third-order valence-corrected chi connectivity index (χ3v) is 3.82. The summed E-state index contributed by atoms with van der Waals surface area (Å²) in [4.78, 5) is 19.8. The molecule has 0 atom stereocenters. The zero-order chi connectivity index (χ0) is 14.8. The van der Waals surface area contributed by atoms with Crippen LogP contribution in [0.4, 0.5) is 0 Å². The Bertz CT molecular complexity index is 703. The molecule has 0 aromatic carbocycles. The van der Waals surface area contributed by atoms with Gasteiger partial charge in [-0.15, -0.1) is 0 Å². The molecule has 1 aliphatic carbocycles. The van der Waals surface area contributed by atoms with E-state index in [2.05, 4.69) is 25.9 Å². The van der Waals surface area contributed by atoms with Crippen molar-refractivity contribution in [2.45, 2.75) is 25.7 Å². The number of aromatic carboxylic acids is 1. The minimum absolute atomic E-state index is 0.0932. The first kappa shape index (κ1) is 14.0. The van der Waals surface area contributed by atoms with Crippen LogP contribution in [0.25, 0.3) is 0 Å². The number of aromatic nitrogens is 2. The number of carboxylic acid groups (broad SMARTS) is 1. The smallest absolute Gasteiger partial charge is 0.341 e. The Labute approximate surface area is 130 Å². The van der Waals surface area contributed by atoms with E-state index in [1.807, 2.05) is 0 Å². The van der Waals surface area contributed by atoms with Crippen LogP contribution in [0.2, 0.25) is 0 Å². The lowest BCUT2D eigenvalue weighted by atomic mass is 9.95. The summed E-state index contributed by atoms with van der Waals surface area (Å²) in [6.07, 6.45) is 7.04. The van der Waals surface area contributed by atoms with Crippen molar-refractivity contribution in [3.8, 4) is 11.6 Å². The molecule has 3 rings (SSSR count). The average Bonchev–Trinajstić information content (AvgIpc) is 2.46. The molecule has 0 saturated heterocycles. The van der Waals surface area contributed by atoms with Gasteiger partial charge < -0.3 is 9.84 Å². The minimum Gasteiger partial charge on any atom is -0.477 e. The zero-order valence-corrected chi connectivity index (χ0v) is 12.8. The van der Waals surface area contributed by atoms with Gasteiger partial charge in [0.2, 0.25) is 5.88 Å². The fourth-order valence-electron chi connectivity index (χ4n) is 2.41. The highest BCUT2D eigenvalue weighted by Gasteiger charge is 2.20. The number of aryl methyl sites for hydroxylation is 2. The van der Waals surface area contributed by atoms with Gasteiger partial charge in [0, 0.05) is 16.4 Å². The Morgan fingerprint density at radius 3 is 2.81 bits per heavy atom. The predicted molar refractivity (Wildman–Crippen MR) is 79.8 cm³/mol. The van der Waals surface area contributed by atoms with Crippen LogP contribution in [0.5, 0.6) is 11.6 Å². The van der Waals surface area contributed by atoms with Crippen molar-refractivity contribution in [1.29, 1.82) is 0 Å². The first-order chi connectivity index (χ1) is 10.1. The maximum Gasteiger partial charge on any atom is 0.341 e. The van der Waals surface area contributed by atoms with Crippen molar-refractivity contribution < 1.29 is 14.6 Å². The van der Waals surface area contributed by atoms with E-state index < -0.39 is 5.97 Å². The van der Waals surface area contributed by atoms with E-state index in [-0.39, 0.29) is 11.4 Å². The van der Waals surface area contributed by atoms with E-state index in [4.69, 9.17) is 4.74 Å². The fourth-order valence-corrected chi connectivity index (χ4v) is 2.75. The van der Waals surface area contributed by atoms with E-state index in [9.17, 15) is 9.90 Å². The SMILES string of the molecule is O=C(O)c1cc2c(nc1Oc1cncc(Br)c1)CCCC2. The van der Waals surface area contributed by atoms with Gasteiger partial charge >= 0.3 is 5.97 Å². The van der Waals surface area contributed by atoms with Crippen LogP contribution in [0.15, 0.2) is 29.0 Å². The Morgan fingerprint density at radius 2 is 2.05 bits per heavy atom. The van der Waals surface area contributed by atoms with Crippen LogP contribution < -0.4 is 4.74 Å². The van der Waals surface area contributed by atoms with Crippen molar-refractivity contribution in [3.05, 3.63) is 45.8 Å². The van der Waals surface area contributed by atoms with Crippen molar-refractivity contribution in [2.75, 3.05) is 0 Å². The number of halogens is 1. The van der Waals surface area contributed by atoms with Gasteiger partial charge in [-0.2, -0.15) is 0 Å². The van der Waals surface area contributed by atoms with Crippen LogP contribution in [-0.2, 0) is 12.8 Å². The Morgan fingerprint density at radius 1 is 1.24 bits per heavy atom. The normalized spacial score (nSPS) is 13.6. The quantitative estimate of drug-likeness (QED) is 0.917. The summed E-state index contributed by atoms with van der Waals surface area (Å²) in [6, 6.07) is 3.41. The van der Waals surface area contributed by atoms with E-state index in [0.717, 1.165) is 41.4 Å². The van der Waals surface area contributed by atoms with Crippen LogP contribution in [0.1, 0.15) is 34.5 Å². The first-order valence-corrected chi connectivity index (χ1v) is 7.47. The Hall–Kier alpha value is -1.95. The van der Waals surface area contributed by atoms with E-state index >= 15 is 0 Å². The maximum atomic E-state index is 11.4. The highest BCUT2D eigenvalue weighted by Crippen LogP contribution is 2.29. The molecule has 108 valence electrons. The molecular weight excluding hydrogens is 336 g/mol. The summed E-state index contributed by atoms with van der Waals surface area (Å²) in [5.41, 5.74) is 2.04. The first-order valence-electron chi connectivity index (χ1n) is 6.68. The molecule has 6 heteroatoms. The lowest BCUT2D eigenvalue weighted by molar-refractivity contribution is 0.0693. The van der Waals surface area contributed by atoms with E-state index in [0.29, 0.717) is 5.75 Å². The van der Waals surface area contributed by atoms with Gasteiger partial charge in [-0.1, -0.05) is 0 Å². The second kappa shape index (κ2) is 5.81. The molecule has 2 heterocycles.